The topological polar surface area (TPSA) is 39.1 Å². The summed E-state index contributed by atoms with van der Waals surface area (Å²) in [5.41, 5.74) is 1.35. The normalized spacial score (nSPS) is 21.1. The Morgan fingerprint density at radius 3 is 3.12 bits per heavy atom. The van der Waals surface area contributed by atoms with Crippen LogP contribution in [0.25, 0.3) is 0 Å². The Hall–Kier alpha value is -1.44. The quantitative estimate of drug-likeness (QED) is 0.841. The van der Waals surface area contributed by atoms with Crippen LogP contribution in [-0.2, 0) is 6.54 Å². The highest BCUT2D eigenvalue weighted by atomic mass is 19.1. The molecule has 1 aromatic rings. The van der Waals surface area contributed by atoms with Gasteiger partial charge in [0.1, 0.15) is 5.82 Å². The van der Waals surface area contributed by atoms with Gasteiger partial charge < -0.3 is 5.32 Å². The average Bonchev–Trinajstić information content (AvgIpc) is 2.31. The minimum absolute atomic E-state index is 0.348. The van der Waals surface area contributed by atoms with E-state index in [0.717, 1.165) is 31.7 Å². The number of hydrogen-bond acceptors (Lipinski definition) is 3. The second kappa shape index (κ2) is 5.26. The molecule has 2 rings (SSSR count). The highest BCUT2D eigenvalue weighted by Crippen LogP contribution is 2.14. The number of hydrogen-bond donors (Lipinski definition) is 1. The lowest BCUT2D eigenvalue weighted by atomic mass is 10.1. The lowest BCUT2D eigenvalue weighted by molar-refractivity contribution is 0.199. The molecule has 90 valence electrons. The molecule has 3 nitrogen and oxygen atoms in total. The molecule has 0 radical (unpaired) electrons. The molecule has 1 fully saturated rings. The number of nitrogens with zero attached hydrogens (tertiary/aromatic N) is 2. The van der Waals surface area contributed by atoms with Crippen molar-refractivity contribution in [3.63, 3.8) is 0 Å². The van der Waals surface area contributed by atoms with E-state index < -0.39 is 0 Å². The van der Waals surface area contributed by atoms with Crippen LogP contribution < -0.4 is 5.32 Å². The van der Waals surface area contributed by atoms with Crippen molar-refractivity contribution in [3.05, 3.63) is 35.1 Å². The lowest BCUT2D eigenvalue weighted by Crippen LogP contribution is -2.48. The Morgan fingerprint density at radius 1 is 1.59 bits per heavy atom. The lowest BCUT2D eigenvalue weighted by Gasteiger charge is -2.32. The molecule has 1 aromatic carbocycles. The van der Waals surface area contributed by atoms with Gasteiger partial charge in [0.2, 0.25) is 0 Å². The van der Waals surface area contributed by atoms with E-state index in [1.165, 1.54) is 12.1 Å². The smallest absolute Gasteiger partial charge is 0.124 e. The molecular weight excluding hydrogens is 217 g/mol. The van der Waals surface area contributed by atoms with Gasteiger partial charge in [-0.3, -0.25) is 4.90 Å². The Balaban J connectivity index is 2.10. The minimum Gasteiger partial charge on any atom is -0.312 e. The molecular formula is C13H16FN3. The van der Waals surface area contributed by atoms with E-state index in [2.05, 4.69) is 23.2 Å². The van der Waals surface area contributed by atoms with Crippen LogP contribution in [0.2, 0.25) is 0 Å². The van der Waals surface area contributed by atoms with Gasteiger partial charge in [-0.05, 0) is 24.6 Å². The molecule has 1 N–H and O–H groups in total. The van der Waals surface area contributed by atoms with Gasteiger partial charge in [-0.2, -0.15) is 5.26 Å². The van der Waals surface area contributed by atoms with Gasteiger partial charge in [-0.15, -0.1) is 0 Å². The summed E-state index contributed by atoms with van der Waals surface area (Å²) < 4.78 is 13.0. The van der Waals surface area contributed by atoms with Gasteiger partial charge in [0.15, 0.2) is 0 Å². The molecule has 0 aromatic heterocycles. The van der Waals surface area contributed by atoms with Crippen molar-refractivity contribution in [2.45, 2.75) is 19.5 Å². The molecule has 0 spiro atoms. The predicted octanol–water partition coefficient (Wildman–Crippen LogP) is 1.49. The summed E-state index contributed by atoms with van der Waals surface area (Å²) >= 11 is 0. The fraction of sp³-hybridized carbons (Fsp3) is 0.462. The standard InChI is InChI=1S/C13H16FN3/c1-10-8-17(5-4-16-10)9-11-2-3-13(14)6-12(11)7-15/h2-3,6,10,16H,4-5,8-9H2,1H3/t10-/m0/s1. The van der Waals surface area contributed by atoms with E-state index in [0.29, 0.717) is 11.6 Å². The highest BCUT2D eigenvalue weighted by molar-refractivity contribution is 5.37. The van der Waals surface area contributed by atoms with E-state index >= 15 is 0 Å². The van der Waals surface area contributed by atoms with Crippen LogP contribution in [0, 0.1) is 17.1 Å². The number of nitrogens with one attached hydrogen (secondary N) is 1. The molecule has 1 saturated heterocycles. The molecule has 1 heterocycles. The third-order valence-corrected chi connectivity index (χ3v) is 3.04. The highest BCUT2D eigenvalue weighted by Gasteiger charge is 2.16. The second-order valence-electron chi connectivity index (χ2n) is 4.50. The molecule has 4 heteroatoms. The van der Waals surface area contributed by atoms with Crippen LogP contribution in [0.15, 0.2) is 18.2 Å². The van der Waals surface area contributed by atoms with Gasteiger partial charge in [0.25, 0.3) is 0 Å². The molecule has 1 aliphatic rings. The summed E-state index contributed by atoms with van der Waals surface area (Å²) in [4.78, 5) is 2.29. The van der Waals surface area contributed by atoms with Crippen molar-refractivity contribution in [2.75, 3.05) is 19.6 Å². The summed E-state index contributed by atoms with van der Waals surface area (Å²) in [5, 5.41) is 12.3. The van der Waals surface area contributed by atoms with Crippen molar-refractivity contribution in [1.82, 2.24) is 10.2 Å². The SMILES string of the molecule is C[C@H]1CN(Cc2ccc(F)cc2C#N)CCN1. The summed E-state index contributed by atoms with van der Waals surface area (Å²) in [6.45, 7) is 5.75. The van der Waals surface area contributed by atoms with Crippen molar-refractivity contribution in [2.24, 2.45) is 0 Å². The maximum absolute atomic E-state index is 13.0. The van der Waals surface area contributed by atoms with Crippen LogP contribution >= 0.6 is 0 Å². The number of benzene rings is 1. The zero-order valence-corrected chi connectivity index (χ0v) is 9.91. The van der Waals surface area contributed by atoms with Crippen LogP contribution in [0.3, 0.4) is 0 Å². The fourth-order valence-electron chi connectivity index (χ4n) is 2.19. The van der Waals surface area contributed by atoms with Gasteiger partial charge in [0.05, 0.1) is 11.6 Å². The van der Waals surface area contributed by atoms with Crippen molar-refractivity contribution >= 4 is 0 Å². The van der Waals surface area contributed by atoms with Gasteiger partial charge in [-0.1, -0.05) is 6.07 Å². The summed E-state index contributed by atoms with van der Waals surface area (Å²) in [5.74, 6) is -0.348. The number of nitriles is 1. The fourth-order valence-corrected chi connectivity index (χ4v) is 2.19. The largest absolute Gasteiger partial charge is 0.312 e. The Bertz CT molecular complexity index is 439. The van der Waals surface area contributed by atoms with E-state index in [-0.39, 0.29) is 5.82 Å². The molecule has 0 aliphatic carbocycles. The van der Waals surface area contributed by atoms with Crippen molar-refractivity contribution < 1.29 is 4.39 Å². The third kappa shape index (κ3) is 3.02. The van der Waals surface area contributed by atoms with Gasteiger partial charge >= 0.3 is 0 Å². The van der Waals surface area contributed by atoms with Crippen molar-refractivity contribution in [3.8, 4) is 6.07 Å². The molecule has 1 aliphatic heterocycles. The first kappa shape index (κ1) is 12.0. The Morgan fingerprint density at radius 2 is 2.41 bits per heavy atom. The first-order chi connectivity index (χ1) is 8.19. The minimum atomic E-state index is -0.348. The van der Waals surface area contributed by atoms with E-state index in [9.17, 15) is 4.39 Å². The number of rotatable bonds is 2. The molecule has 1 atom stereocenters. The van der Waals surface area contributed by atoms with E-state index in [4.69, 9.17) is 5.26 Å². The van der Waals surface area contributed by atoms with Crippen LogP contribution in [-0.4, -0.2) is 30.6 Å². The molecule has 0 unspecified atom stereocenters. The zero-order chi connectivity index (χ0) is 12.3. The number of piperazine rings is 1. The summed E-state index contributed by atoms with van der Waals surface area (Å²) in [6, 6.07) is 6.96. The van der Waals surface area contributed by atoms with Gasteiger partial charge in [-0.25, -0.2) is 4.39 Å². The first-order valence-corrected chi connectivity index (χ1v) is 5.83. The van der Waals surface area contributed by atoms with Crippen LogP contribution in [0.5, 0.6) is 0 Å². The van der Waals surface area contributed by atoms with Crippen LogP contribution in [0.1, 0.15) is 18.1 Å². The monoisotopic (exact) mass is 233 g/mol. The van der Waals surface area contributed by atoms with Gasteiger partial charge in [0, 0.05) is 32.2 Å². The maximum Gasteiger partial charge on any atom is 0.124 e. The Kier molecular flexibility index (Phi) is 3.72. The molecule has 0 bridgehead atoms. The van der Waals surface area contributed by atoms with Crippen molar-refractivity contribution in [1.29, 1.82) is 5.26 Å². The van der Waals surface area contributed by atoms with E-state index in [1.807, 2.05) is 0 Å². The van der Waals surface area contributed by atoms with Crippen LogP contribution in [0.4, 0.5) is 4.39 Å². The molecule has 0 amide bonds. The third-order valence-electron chi connectivity index (χ3n) is 3.04. The maximum atomic E-state index is 13.0. The molecule has 17 heavy (non-hydrogen) atoms. The first-order valence-electron chi connectivity index (χ1n) is 5.83. The Labute approximate surface area is 101 Å². The molecule has 0 saturated carbocycles. The zero-order valence-electron chi connectivity index (χ0n) is 9.91. The average molecular weight is 233 g/mol. The van der Waals surface area contributed by atoms with E-state index in [1.54, 1.807) is 6.07 Å². The second-order valence-corrected chi connectivity index (χ2v) is 4.50. The summed E-state index contributed by atoms with van der Waals surface area (Å²) in [7, 11) is 0. The number of halogens is 1. The summed E-state index contributed by atoms with van der Waals surface area (Å²) in [6.07, 6.45) is 0. The predicted molar refractivity (Wildman–Crippen MR) is 63.9 cm³/mol.